The lowest BCUT2D eigenvalue weighted by atomic mass is 10.0. The maximum atomic E-state index is 13.2. The van der Waals surface area contributed by atoms with Gasteiger partial charge in [0.05, 0.1) is 13.3 Å². The summed E-state index contributed by atoms with van der Waals surface area (Å²) in [5, 5.41) is 0. The van der Waals surface area contributed by atoms with Crippen molar-refractivity contribution >= 4 is 0 Å². The van der Waals surface area contributed by atoms with Crippen molar-refractivity contribution in [2.75, 3.05) is 13.3 Å². The van der Waals surface area contributed by atoms with E-state index in [-0.39, 0.29) is 0 Å². The molecule has 1 aromatic rings. The zero-order valence-corrected chi connectivity index (χ0v) is 9.72. The molecule has 0 amide bonds. The number of rotatable bonds is 6. The van der Waals surface area contributed by atoms with Crippen molar-refractivity contribution in [1.82, 2.24) is 0 Å². The average molecular weight is 227 g/mol. The topological polar surface area (TPSA) is 9.23 Å². The second-order valence-corrected chi connectivity index (χ2v) is 3.79. The molecule has 0 aromatic heterocycles. The van der Waals surface area contributed by atoms with Crippen LogP contribution in [0.4, 0.5) is 8.78 Å². The van der Waals surface area contributed by atoms with Crippen LogP contribution in [-0.4, -0.2) is 13.3 Å². The summed E-state index contributed by atoms with van der Waals surface area (Å²) in [5.41, 5.74) is 0.564. The molecule has 0 N–H and O–H groups in total. The summed E-state index contributed by atoms with van der Waals surface area (Å²) in [5.74, 6) is 0.591. The van der Waals surface area contributed by atoms with Gasteiger partial charge < -0.3 is 4.74 Å². The van der Waals surface area contributed by atoms with Gasteiger partial charge in [-0.05, 0) is 24.1 Å². The van der Waals surface area contributed by atoms with E-state index in [2.05, 4.69) is 6.92 Å². The standard InChI is InChI=1S/C13H17F2O/c1-3-4-5-16-13-7-11(10(2)9-14)6-12(15)8-13/h6-8H,3-5,9H2,1-2H3. The first-order chi connectivity index (χ1) is 7.67. The molecule has 0 aliphatic rings. The number of halogens is 2. The number of hydrogen-bond donors (Lipinski definition) is 0. The predicted octanol–water partition coefficient (Wildman–Crippen LogP) is 3.92. The Hall–Kier alpha value is -1.12. The summed E-state index contributed by atoms with van der Waals surface area (Å²) >= 11 is 0. The fraction of sp³-hybridized carbons (Fsp3) is 0.462. The summed E-state index contributed by atoms with van der Waals surface area (Å²) in [4.78, 5) is 0. The molecule has 0 atom stereocenters. The predicted molar refractivity (Wildman–Crippen MR) is 60.8 cm³/mol. The van der Waals surface area contributed by atoms with Crippen LogP contribution in [0.15, 0.2) is 18.2 Å². The van der Waals surface area contributed by atoms with Gasteiger partial charge in [-0.3, -0.25) is 4.39 Å². The van der Waals surface area contributed by atoms with Crippen molar-refractivity contribution in [1.29, 1.82) is 0 Å². The zero-order chi connectivity index (χ0) is 12.0. The highest BCUT2D eigenvalue weighted by molar-refractivity contribution is 5.37. The summed E-state index contributed by atoms with van der Waals surface area (Å²) < 4.78 is 31.0. The van der Waals surface area contributed by atoms with Gasteiger partial charge in [0.1, 0.15) is 11.6 Å². The largest absolute Gasteiger partial charge is 0.493 e. The molecule has 0 aliphatic heterocycles. The van der Waals surface area contributed by atoms with Gasteiger partial charge in [0, 0.05) is 12.0 Å². The lowest BCUT2D eigenvalue weighted by Crippen LogP contribution is -2.01. The van der Waals surface area contributed by atoms with Crippen molar-refractivity contribution in [2.45, 2.75) is 26.7 Å². The molecule has 0 heterocycles. The van der Waals surface area contributed by atoms with E-state index in [1.165, 1.54) is 12.1 Å². The van der Waals surface area contributed by atoms with Gasteiger partial charge in [-0.2, -0.15) is 0 Å². The molecule has 1 nitrogen and oxygen atoms in total. The maximum Gasteiger partial charge on any atom is 0.127 e. The molecule has 1 radical (unpaired) electrons. The van der Waals surface area contributed by atoms with Gasteiger partial charge >= 0.3 is 0 Å². The smallest absolute Gasteiger partial charge is 0.127 e. The Morgan fingerprint density at radius 2 is 2.06 bits per heavy atom. The molecule has 1 aromatic carbocycles. The monoisotopic (exact) mass is 227 g/mol. The highest BCUT2D eigenvalue weighted by Crippen LogP contribution is 2.22. The van der Waals surface area contributed by atoms with Gasteiger partial charge in [0.25, 0.3) is 0 Å². The van der Waals surface area contributed by atoms with Gasteiger partial charge in [0.2, 0.25) is 0 Å². The molecule has 0 bridgehead atoms. The first-order valence-electron chi connectivity index (χ1n) is 5.49. The fourth-order valence-electron chi connectivity index (χ4n) is 1.30. The Bertz CT molecular complexity index is 326. The van der Waals surface area contributed by atoms with E-state index in [4.69, 9.17) is 4.74 Å². The molecule has 0 aliphatic carbocycles. The van der Waals surface area contributed by atoms with E-state index in [0.29, 0.717) is 23.8 Å². The van der Waals surface area contributed by atoms with E-state index in [1.807, 2.05) is 0 Å². The third kappa shape index (κ3) is 3.80. The maximum absolute atomic E-state index is 13.2. The van der Waals surface area contributed by atoms with Crippen molar-refractivity contribution < 1.29 is 13.5 Å². The van der Waals surface area contributed by atoms with Crippen LogP contribution in [0.2, 0.25) is 0 Å². The van der Waals surface area contributed by atoms with E-state index in [1.54, 1.807) is 13.0 Å². The van der Waals surface area contributed by atoms with Crippen LogP contribution in [0.1, 0.15) is 32.3 Å². The minimum Gasteiger partial charge on any atom is -0.493 e. The molecule has 16 heavy (non-hydrogen) atoms. The molecular weight excluding hydrogens is 210 g/mol. The van der Waals surface area contributed by atoms with E-state index in [0.717, 1.165) is 12.8 Å². The van der Waals surface area contributed by atoms with Crippen molar-refractivity contribution in [3.63, 3.8) is 0 Å². The Morgan fingerprint density at radius 1 is 1.31 bits per heavy atom. The Kier molecular flexibility index (Phi) is 5.23. The lowest BCUT2D eigenvalue weighted by Gasteiger charge is -2.10. The number of unbranched alkanes of at least 4 members (excludes halogenated alkanes) is 1. The van der Waals surface area contributed by atoms with Gasteiger partial charge in [-0.15, -0.1) is 0 Å². The zero-order valence-electron chi connectivity index (χ0n) is 9.72. The molecule has 1 rings (SSSR count). The Labute approximate surface area is 95.4 Å². The van der Waals surface area contributed by atoms with Gasteiger partial charge in [-0.25, -0.2) is 4.39 Å². The summed E-state index contributed by atoms with van der Waals surface area (Å²) in [6.45, 7) is 3.69. The number of alkyl halides is 1. The number of ether oxygens (including phenoxy) is 1. The first-order valence-corrected chi connectivity index (χ1v) is 5.49. The van der Waals surface area contributed by atoms with Crippen LogP contribution in [0.25, 0.3) is 0 Å². The minimum atomic E-state index is -0.572. The Balaban J connectivity index is 2.73. The van der Waals surface area contributed by atoms with Crippen LogP contribution in [0.3, 0.4) is 0 Å². The Morgan fingerprint density at radius 3 is 2.69 bits per heavy atom. The van der Waals surface area contributed by atoms with Crippen LogP contribution < -0.4 is 4.74 Å². The molecule has 0 saturated heterocycles. The van der Waals surface area contributed by atoms with Crippen LogP contribution in [-0.2, 0) is 0 Å². The molecular formula is C13H17F2O. The average Bonchev–Trinajstić information content (AvgIpc) is 2.27. The molecule has 0 unspecified atom stereocenters. The summed E-state index contributed by atoms with van der Waals surface area (Å²) in [6, 6.07) is 4.32. The lowest BCUT2D eigenvalue weighted by molar-refractivity contribution is 0.307. The van der Waals surface area contributed by atoms with Gasteiger partial charge in [0.15, 0.2) is 0 Å². The quantitative estimate of drug-likeness (QED) is 0.669. The van der Waals surface area contributed by atoms with E-state index >= 15 is 0 Å². The highest BCUT2D eigenvalue weighted by atomic mass is 19.1. The fourth-order valence-corrected chi connectivity index (χ4v) is 1.30. The highest BCUT2D eigenvalue weighted by Gasteiger charge is 2.09. The molecule has 0 spiro atoms. The minimum absolute atomic E-state index is 0.392. The molecule has 0 fully saturated rings. The SMILES string of the molecule is CCCCOc1cc(F)cc([C](C)CF)c1. The third-order valence-corrected chi connectivity index (χ3v) is 2.33. The second kappa shape index (κ2) is 6.46. The number of hydrogen-bond acceptors (Lipinski definition) is 1. The second-order valence-electron chi connectivity index (χ2n) is 3.79. The van der Waals surface area contributed by atoms with Crippen molar-refractivity contribution in [3.8, 4) is 5.75 Å². The third-order valence-electron chi connectivity index (χ3n) is 2.33. The van der Waals surface area contributed by atoms with Crippen LogP contribution in [0.5, 0.6) is 5.75 Å². The van der Waals surface area contributed by atoms with E-state index < -0.39 is 12.5 Å². The molecule has 3 heteroatoms. The van der Waals surface area contributed by atoms with E-state index in [9.17, 15) is 8.78 Å². The summed E-state index contributed by atoms with van der Waals surface area (Å²) in [6.07, 6.45) is 1.95. The van der Waals surface area contributed by atoms with Crippen LogP contribution in [0, 0.1) is 11.7 Å². The van der Waals surface area contributed by atoms with Crippen LogP contribution >= 0.6 is 0 Å². The number of benzene rings is 1. The van der Waals surface area contributed by atoms with Crippen molar-refractivity contribution in [3.05, 3.63) is 35.5 Å². The normalized spacial score (nSPS) is 10.8. The first kappa shape index (κ1) is 12.9. The summed E-state index contributed by atoms with van der Waals surface area (Å²) in [7, 11) is 0. The van der Waals surface area contributed by atoms with Crippen molar-refractivity contribution in [2.24, 2.45) is 0 Å². The van der Waals surface area contributed by atoms with Gasteiger partial charge in [-0.1, -0.05) is 20.3 Å². The molecule has 89 valence electrons. The molecule has 0 saturated carbocycles.